The van der Waals surface area contributed by atoms with Gasteiger partial charge in [-0.3, -0.25) is 14.4 Å². The Morgan fingerprint density at radius 1 is 0.263 bits per heavy atom. The van der Waals surface area contributed by atoms with Crippen molar-refractivity contribution in [2.45, 2.75) is 380 Å². The molecule has 1 atom stereocenters. The number of carbonyl (C=O) groups excluding carboxylic acids is 3. The predicted octanol–water partition coefficient (Wildman–Crippen LogP) is 24.3. The quantitative estimate of drug-likeness (QED) is 0.0261. The summed E-state index contributed by atoms with van der Waals surface area (Å²) in [5.41, 5.74) is 0. The Bertz CT molecular complexity index is 1430. The average molecular weight is 1120 g/mol. The van der Waals surface area contributed by atoms with Gasteiger partial charge in [0.15, 0.2) is 6.10 Å². The maximum atomic E-state index is 12.9. The highest BCUT2D eigenvalue weighted by molar-refractivity contribution is 5.71. The minimum Gasteiger partial charge on any atom is -0.462 e. The molecule has 0 rings (SSSR count). The minimum absolute atomic E-state index is 0.0778. The summed E-state index contributed by atoms with van der Waals surface area (Å²) in [5, 5.41) is 0. The van der Waals surface area contributed by atoms with Crippen LogP contribution in [0.15, 0.2) is 60.8 Å². The van der Waals surface area contributed by atoms with Gasteiger partial charge in [0, 0.05) is 19.3 Å². The van der Waals surface area contributed by atoms with E-state index in [4.69, 9.17) is 14.2 Å². The van der Waals surface area contributed by atoms with E-state index in [-0.39, 0.29) is 31.1 Å². The number of unbranched alkanes of at least 4 members (excludes halogenated alkanes) is 44. The first kappa shape index (κ1) is 77.1. The largest absolute Gasteiger partial charge is 0.462 e. The van der Waals surface area contributed by atoms with E-state index >= 15 is 0 Å². The molecule has 0 saturated heterocycles. The number of hydrogen-bond donors (Lipinski definition) is 0. The Labute approximate surface area is 498 Å². The Kier molecular flexibility index (Phi) is 66.1. The van der Waals surface area contributed by atoms with Gasteiger partial charge in [0.1, 0.15) is 13.2 Å². The molecule has 0 aromatic carbocycles. The van der Waals surface area contributed by atoms with Crippen LogP contribution in [0.4, 0.5) is 0 Å². The molecule has 80 heavy (non-hydrogen) atoms. The molecule has 0 aliphatic rings. The lowest BCUT2D eigenvalue weighted by Gasteiger charge is -2.18. The van der Waals surface area contributed by atoms with Crippen molar-refractivity contribution in [2.24, 2.45) is 0 Å². The fraction of sp³-hybridized carbons (Fsp3) is 0.824. The second-order valence-electron chi connectivity index (χ2n) is 23.8. The molecule has 0 fully saturated rings. The number of hydrogen-bond acceptors (Lipinski definition) is 6. The third-order valence-electron chi connectivity index (χ3n) is 15.8. The number of carbonyl (C=O) groups is 3. The van der Waals surface area contributed by atoms with Crippen LogP contribution >= 0.6 is 0 Å². The van der Waals surface area contributed by atoms with Crippen molar-refractivity contribution in [1.82, 2.24) is 0 Å². The standard InChI is InChI=1S/C74H134O6/c1-4-7-10-13-16-19-22-25-28-31-34-35-36-37-38-39-41-43-46-49-52-55-58-61-64-67-73(76)79-70-71(69-78-72(75)66-63-60-57-54-51-48-45-42-33-30-27-24-21-18-15-12-9-6-3)80-74(77)68-65-62-59-56-53-50-47-44-40-32-29-26-23-20-17-14-11-8-5-2/h8,11,17,20,26,29-30,33,40,44,71H,4-7,9-10,12-16,18-19,21-25,27-28,31-32,34-39,41-43,45-70H2,1-3H3/b11-8-,20-17-,29-26-,33-30-,44-40-. The molecule has 0 spiro atoms. The fourth-order valence-electron chi connectivity index (χ4n) is 10.5. The van der Waals surface area contributed by atoms with E-state index in [0.29, 0.717) is 19.3 Å². The van der Waals surface area contributed by atoms with Crippen LogP contribution in [-0.2, 0) is 28.6 Å². The van der Waals surface area contributed by atoms with Crippen molar-refractivity contribution in [2.75, 3.05) is 13.2 Å². The molecule has 0 heterocycles. The molecule has 0 aromatic rings. The maximum absolute atomic E-state index is 12.9. The Morgan fingerprint density at radius 3 is 0.775 bits per heavy atom. The Balaban J connectivity index is 4.32. The number of allylic oxidation sites excluding steroid dienone is 10. The van der Waals surface area contributed by atoms with Gasteiger partial charge in [-0.25, -0.2) is 0 Å². The predicted molar refractivity (Wildman–Crippen MR) is 348 cm³/mol. The average Bonchev–Trinajstić information content (AvgIpc) is 3.46. The second kappa shape index (κ2) is 68.6. The number of ether oxygens (including phenoxy) is 3. The van der Waals surface area contributed by atoms with Gasteiger partial charge in [0.25, 0.3) is 0 Å². The number of rotatable bonds is 65. The first-order valence-corrected chi connectivity index (χ1v) is 35.3. The third-order valence-corrected chi connectivity index (χ3v) is 15.8. The molecular formula is C74H134O6. The fourth-order valence-corrected chi connectivity index (χ4v) is 10.5. The van der Waals surface area contributed by atoms with Crippen LogP contribution in [0, 0.1) is 0 Å². The summed E-state index contributed by atoms with van der Waals surface area (Å²) in [5.74, 6) is -0.872. The van der Waals surface area contributed by atoms with Crippen molar-refractivity contribution >= 4 is 17.9 Å². The topological polar surface area (TPSA) is 78.9 Å². The zero-order chi connectivity index (χ0) is 57.8. The summed E-state index contributed by atoms with van der Waals surface area (Å²) in [6.45, 7) is 6.58. The molecule has 1 unspecified atom stereocenters. The van der Waals surface area contributed by atoms with Gasteiger partial charge in [-0.05, 0) is 83.5 Å². The molecule has 0 bridgehead atoms. The van der Waals surface area contributed by atoms with Gasteiger partial charge in [0.2, 0.25) is 0 Å². The minimum atomic E-state index is -0.784. The highest BCUT2D eigenvalue weighted by Gasteiger charge is 2.19. The highest BCUT2D eigenvalue weighted by atomic mass is 16.6. The zero-order valence-electron chi connectivity index (χ0n) is 53.6. The van der Waals surface area contributed by atoms with E-state index in [0.717, 1.165) is 96.3 Å². The number of esters is 3. The van der Waals surface area contributed by atoms with Crippen LogP contribution in [0.25, 0.3) is 0 Å². The molecule has 0 N–H and O–H groups in total. The molecule has 0 aliphatic carbocycles. The van der Waals surface area contributed by atoms with Crippen molar-refractivity contribution < 1.29 is 28.6 Å². The first-order valence-electron chi connectivity index (χ1n) is 35.3. The van der Waals surface area contributed by atoms with Crippen LogP contribution < -0.4 is 0 Å². The molecule has 0 aliphatic heterocycles. The van der Waals surface area contributed by atoms with Crippen molar-refractivity contribution in [3.8, 4) is 0 Å². The molecule has 0 aromatic heterocycles. The maximum Gasteiger partial charge on any atom is 0.306 e. The summed E-state index contributed by atoms with van der Waals surface area (Å²) in [6.07, 6.45) is 88.2. The van der Waals surface area contributed by atoms with Crippen molar-refractivity contribution in [3.05, 3.63) is 60.8 Å². The van der Waals surface area contributed by atoms with E-state index in [1.807, 2.05) is 0 Å². The van der Waals surface area contributed by atoms with Crippen molar-refractivity contribution in [1.29, 1.82) is 0 Å². The second-order valence-corrected chi connectivity index (χ2v) is 23.8. The molecule has 6 heteroatoms. The van der Waals surface area contributed by atoms with E-state index in [2.05, 4.69) is 81.5 Å². The van der Waals surface area contributed by atoms with E-state index < -0.39 is 6.10 Å². The van der Waals surface area contributed by atoms with Gasteiger partial charge in [-0.1, -0.05) is 332 Å². The lowest BCUT2D eigenvalue weighted by molar-refractivity contribution is -0.167. The van der Waals surface area contributed by atoms with Crippen LogP contribution in [0.3, 0.4) is 0 Å². The lowest BCUT2D eigenvalue weighted by Crippen LogP contribution is -2.30. The van der Waals surface area contributed by atoms with E-state index in [9.17, 15) is 14.4 Å². The summed E-state index contributed by atoms with van der Waals surface area (Å²) in [4.78, 5) is 38.5. The molecule has 6 nitrogen and oxygen atoms in total. The summed E-state index contributed by atoms with van der Waals surface area (Å²) < 4.78 is 17.0. The normalized spacial score (nSPS) is 12.4. The third kappa shape index (κ3) is 65.9. The smallest absolute Gasteiger partial charge is 0.306 e. The Hall–Kier alpha value is -2.89. The molecule has 0 amide bonds. The summed E-state index contributed by atoms with van der Waals surface area (Å²) in [6, 6.07) is 0. The van der Waals surface area contributed by atoms with Gasteiger partial charge < -0.3 is 14.2 Å². The monoisotopic (exact) mass is 1120 g/mol. The summed E-state index contributed by atoms with van der Waals surface area (Å²) in [7, 11) is 0. The molecule has 466 valence electrons. The van der Waals surface area contributed by atoms with Gasteiger partial charge in [-0.15, -0.1) is 0 Å². The van der Waals surface area contributed by atoms with E-state index in [1.54, 1.807) is 0 Å². The van der Waals surface area contributed by atoms with Gasteiger partial charge >= 0.3 is 17.9 Å². The van der Waals surface area contributed by atoms with Crippen LogP contribution in [0.5, 0.6) is 0 Å². The molecule has 0 saturated carbocycles. The zero-order valence-corrected chi connectivity index (χ0v) is 53.6. The van der Waals surface area contributed by atoms with Crippen LogP contribution in [0.1, 0.15) is 374 Å². The highest BCUT2D eigenvalue weighted by Crippen LogP contribution is 2.18. The Morgan fingerprint density at radius 2 is 0.487 bits per heavy atom. The molecular weight excluding hydrogens is 985 g/mol. The SMILES string of the molecule is CC/C=C\C/C=C\C/C=C\C/C=C\CCCCCCCCC(=O)OC(COC(=O)CCCCCCCCC/C=C\CCCCCCCCC)COC(=O)CCCCCCCCCCCCCCCCCCCCCCCCCCC. The van der Waals surface area contributed by atoms with Crippen LogP contribution in [-0.4, -0.2) is 37.2 Å². The van der Waals surface area contributed by atoms with Crippen molar-refractivity contribution in [3.63, 3.8) is 0 Å². The van der Waals surface area contributed by atoms with E-state index in [1.165, 1.54) is 238 Å². The van der Waals surface area contributed by atoms with Gasteiger partial charge in [0.05, 0.1) is 0 Å². The van der Waals surface area contributed by atoms with Gasteiger partial charge in [-0.2, -0.15) is 0 Å². The summed E-state index contributed by atoms with van der Waals surface area (Å²) >= 11 is 0. The first-order chi connectivity index (χ1) is 39.5. The van der Waals surface area contributed by atoms with Crippen LogP contribution in [0.2, 0.25) is 0 Å². The lowest BCUT2D eigenvalue weighted by atomic mass is 10.0. The molecule has 0 radical (unpaired) electrons.